The molecule has 1 atom stereocenters. The van der Waals surface area contributed by atoms with Gasteiger partial charge >= 0.3 is 0 Å². The van der Waals surface area contributed by atoms with Gasteiger partial charge in [0.2, 0.25) is 10.0 Å². The molecule has 0 saturated heterocycles. The van der Waals surface area contributed by atoms with Crippen LogP contribution in [0.1, 0.15) is 33.1 Å². The van der Waals surface area contributed by atoms with Crippen LogP contribution in [0.25, 0.3) is 0 Å². The minimum Gasteiger partial charge on any atom is -0.215 e. The molecule has 0 radical (unpaired) electrons. The minimum atomic E-state index is -3.14. The van der Waals surface area contributed by atoms with Gasteiger partial charge in [-0.25, -0.2) is 13.1 Å². The molecular weight excluding hydrogens is 234 g/mol. The fourth-order valence-electron chi connectivity index (χ4n) is 1.72. The van der Waals surface area contributed by atoms with E-state index in [1.807, 2.05) is 6.92 Å². The van der Waals surface area contributed by atoms with E-state index in [1.165, 1.54) is 6.42 Å². The average Bonchev–Trinajstić information content (AvgIpc) is 2.11. The van der Waals surface area contributed by atoms with E-state index in [-0.39, 0.29) is 17.1 Å². The largest absolute Gasteiger partial charge is 0.215 e. The Balaban J connectivity index is 2.36. The van der Waals surface area contributed by atoms with E-state index in [1.54, 1.807) is 0 Å². The summed E-state index contributed by atoms with van der Waals surface area (Å²) in [5, 5.41) is 0. The summed E-state index contributed by atoms with van der Waals surface area (Å²) in [5.74, 6) is 0.531. The Morgan fingerprint density at radius 1 is 1.47 bits per heavy atom. The molecule has 1 saturated carbocycles. The summed E-state index contributed by atoms with van der Waals surface area (Å²) in [7, 11) is -3.14. The Labute approximate surface area is 97.6 Å². The van der Waals surface area contributed by atoms with Gasteiger partial charge in [0, 0.05) is 12.4 Å². The number of rotatable bonds is 6. The molecule has 0 heterocycles. The molecule has 0 spiro atoms. The summed E-state index contributed by atoms with van der Waals surface area (Å²) in [6.45, 7) is 4.55. The van der Waals surface area contributed by atoms with Crippen LogP contribution in [0.2, 0.25) is 0 Å². The van der Waals surface area contributed by atoms with Crippen LogP contribution >= 0.6 is 11.6 Å². The van der Waals surface area contributed by atoms with Gasteiger partial charge in [-0.2, -0.15) is 0 Å². The predicted octanol–water partition coefficient (Wildman–Crippen LogP) is 1.97. The molecule has 1 aliphatic rings. The van der Waals surface area contributed by atoms with E-state index in [0.29, 0.717) is 12.4 Å². The maximum Gasteiger partial charge on any atom is 0.211 e. The van der Waals surface area contributed by atoms with Gasteiger partial charge in [0.15, 0.2) is 0 Å². The lowest BCUT2D eigenvalue weighted by Gasteiger charge is -2.38. The number of hydrogen-bond acceptors (Lipinski definition) is 2. The molecule has 90 valence electrons. The summed E-state index contributed by atoms with van der Waals surface area (Å²) in [4.78, 5) is 0. The number of sulfonamides is 1. The van der Waals surface area contributed by atoms with Crippen molar-refractivity contribution < 1.29 is 8.42 Å². The molecule has 1 unspecified atom stereocenters. The number of hydrogen-bond donors (Lipinski definition) is 1. The van der Waals surface area contributed by atoms with Crippen LogP contribution in [0.3, 0.4) is 0 Å². The van der Waals surface area contributed by atoms with E-state index in [9.17, 15) is 8.42 Å². The summed E-state index contributed by atoms with van der Waals surface area (Å²) >= 11 is 5.59. The normalized spacial score (nSPS) is 22.1. The van der Waals surface area contributed by atoms with Crippen molar-refractivity contribution in [1.29, 1.82) is 0 Å². The Morgan fingerprint density at radius 3 is 2.47 bits per heavy atom. The molecule has 1 rings (SSSR count). The maximum atomic E-state index is 11.6. The number of halogens is 1. The third kappa shape index (κ3) is 4.29. The molecule has 0 aromatic heterocycles. The zero-order valence-corrected chi connectivity index (χ0v) is 11.0. The van der Waals surface area contributed by atoms with Crippen LogP contribution in [0, 0.1) is 11.3 Å². The highest BCUT2D eigenvalue weighted by atomic mass is 35.5. The summed E-state index contributed by atoms with van der Waals surface area (Å²) < 4.78 is 25.9. The van der Waals surface area contributed by atoms with Crippen LogP contribution in [0.15, 0.2) is 0 Å². The molecule has 0 amide bonds. The third-order valence-electron chi connectivity index (χ3n) is 3.05. The lowest BCUT2D eigenvalue weighted by molar-refractivity contribution is 0.166. The lowest BCUT2D eigenvalue weighted by atomic mass is 9.71. The van der Waals surface area contributed by atoms with Gasteiger partial charge in [0.05, 0.1) is 5.75 Å². The number of alkyl halides is 1. The van der Waals surface area contributed by atoms with Crippen molar-refractivity contribution >= 4 is 21.6 Å². The zero-order valence-electron chi connectivity index (χ0n) is 9.42. The second-order valence-corrected chi connectivity index (χ2v) is 7.19. The highest BCUT2D eigenvalue weighted by Gasteiger charge is 2.32. The van der Waals surface area contributed by atoms with Crippen molar-refractivity contribution in [3.8, 4) is 0 Å². The summed E-state index contributed by atoms with van der Waals surface area (Å²) in [5.41, 5.74) is 0.192. The van der Waals surface area contributed by atoms with Crippen LogP contribution in [0.4, 0.5) is 0 Å². The standard InChI is InChI=1S/C10H20ClNO2S/c1-9(6-11)7-15(13,14)12-8-10(2)4-3-5-10/h9,12H,3-8H2,1-2H3. The van der Waals surface area contributed by atoms with Crippen LogP contribution in [0.5, 0.6) is 0 Å². The first-order chi connectivity index (χ1) is 6.87. The molecule has 0 aromatic carbocycles. The Morgan fingerprint density at radius 2 is 2.07 bits per heavy atom. The average molecular weight is 254 g/mol. The number of nitrogens with one attached hydrogen (secondary N) is 1. The fourth-order valence-corrected chi connectivity index (χ4v) is 3.51. The molecule has 15 heavy (non-hydrogen) atoms. The second-order valence-electron chi connectivity index (χ2n) is 5.03. The van der Waals surface area contributed by atoms with Crippen molar-refractivity contribution in [2.45, 2.75) is 33.1 Å². The molecule has 0 aliphatic heterocycles. The molecule has 0 bridgehead atoms. The van der Waals surface area contributed by atoms with E-state index in [0.717, 1.165) is 12.8 Å². The SMILES string of the molecule is CC(CCl)CS(=O)(=O)NCC1(C)CCC1. The minimum absolute atomic E-state index is 0.0124. The van der Waals surface area contributed by atoms with E-state index < -0.39 is 10.0 Å². The first kappa shape index (κ1) is 13.3. The smallest absolute Gasteiger partial charge is 0.211 e. The molecule has 1 aliphatic carbocycles. The monoisotopic (exact) mass is 253 g/mol. The van der Waals surface area contributed by atoms with Crippen LogP contribution in [-0.2, 0) is 10.0 Å². The maximum absolute atomic E-state index is 11.6. The third-order valence-corrected chi connectivity index (χ3v) is 5.17. The van der Waals surface area contributed by atoms with Crippen molar-refractivity contribution in [3.63, 3.8) is 0 Å². The van der Waals surface area contributed by atoms with Gasteiger partial charge in [-0.3, -0.25) is 0 Å². The van der Waals surface area contributed by atoms with E-state index in [2.05, 4.69) is 11.6 Å². The highest BCUT2D eigenvalue weighted by molar-refractivity contribution is 7.89. The predicted molar refractivity (Wildman–Crippen MR) is 63.6 cm³/mol. The second kappa shape index (κ2) is 5.02. The quantitative estimate of drug-likeness (QED) is 0.736. The van der Waals surface area contributed by atoms with Crippen molar-refractivity contribution in [3.05, 3.63) is 0 Å². The topological polar surface area (TPSA) is 46.2 Å². The van der Waals surface area contributed by atoms with Crippen molar-refractivity contribution in [2.75, 3.05) is 18.2 Å². The Kier molecular flexibility index (Phi) is 4.44. The van der Waals surface area contributed by atoms with Crippen molar-refractivity contribution in [2.24, 2.45) is 11.3 Å². The summed E-state index contributed by atoms with van der Waals surface area (Å²) in [6.07, 6.45) is 3.47. The van der Waals surface area contributed by atoms with Gasteiger partial charge in [-0.05, 0) is 24.2 Å². The molecule has 1 fully saturated rings. The Hall–Kier alpha value is 0.200. The molecule has 1 N–H and O–H groups in total. The molecule has 5 heteroatoms. The van der Waals surface area contributed by atoms with Gasteiger partial charge in [-0.15, -0.1) is 11.6 Å². The summed E-state index contributed by atoms with van der Waals surface area (Å²) in [6, 6.07) is 0. The zero-order chi connectivity index (χ0) is 11.5. The van der Waals surface area contributed by atoms with E-state index >= 15 is 0 Å². The van der Waals surface area contributed by atoms with Crippen LogP contribution < -0.4 is 4.72 Å². The van der Waals surface area contributed by atoms with E-state index in [4.69, 9.17) is 11.6 Å². The van der Waals surface area contributed by atoms with Gasteiger partial charge in [0.25, 0.3) is 0 Å². The van der Waals surface area contributed by atoms with Gasteiger partial charge in [-0.1, -0.05) is 20.3 Å². The highest BCUT2D eigenvalue weighted by Crippen LogP contribution is 2.39. The molecular formula is C10H20ClNO2S. The van der Waals surface area contributed by atoms with Gasteiger partial charge in [0.1, 0.15) is 0 Å². The van der Waals surface area contributed by atoms with Gasteiger partial charge < -0.3 is 0 Å². The first-order valence-corrected chi connectivity index (χ1v) is 7.59. The fraction of sp³-hybridized carbons (Fsp3) is 1.00. The first-order valence-electron chi connectivity index (χ1n) is 5.40. The van der Waals surface area contributed by atoms with Crippen molar-refractivity contribution in [1.82, 2.24) is 4.72 Å². The molecule has 0 aromatic rings. The Bertz CT molecular complexity index is 299. The molecule has 3 nitrogen and oxygen atoms in total. The van der Waals surface area contributed by atoms with Crippen LogP contribution in [-0.4, -0.2) is 26.6 Å². The lowest BCUT2D eigenvalue weighted by Crippen LogP contribution is -2.41.